The Morgan fingerprint density at radius 2 is 2.00 bits per heavy atom. The quantitative estimate of drug-likeness (QED) is 0.690. The molecule has 3 heteroatoms. The van der Waals surface area contributed by atoms with Crippen LogP contribution in [0.5, 0.6) is 0 Å². The first-order valence-corrected chi connectivity index (χ1v) is 9.60. The van der Waals surface area contributed by atoms with Crippen LogP contribution in [-0.2, 0) is 9.16 Å². The summed E-state index contributed by atoms with van der Waals surface area (Å²) < 4.78 is 12.1. The first-order chi connectivity index (χ1) is 7.72. The van der Waals surface area contributed by atoms with Gasteiger partial charge >= 0.3 is 0 Å². The molecule has 0 radical (unpaired) electrons. The lowest BCUT2D eigenvalue weighted by atomic mass is 9.94. The summed E-state index contributed by atoms with van der Waals surface area (Å²) in [5, 5.41) is 0.270. The Morgan fingerprint density at radius 1 is 1.35 bits per heavy atom. The van der Waals surface area contributed by atoms with Crippen molar-refractivity contribution in [3.05, 3.63) is 12.3 Å². The van der Waals surface area contributed by atoms with Crippen molar-refractivity contribution in [2.24, 2.45) is 0 Å². The van der Waals surface area contributed by atoms with Crippen molar-refractivity contribution < 1.29 is 9.16 Å². The predicted octanol–water partition coefficient (Wildman–Crippen LogP) is 4.48. The normalized spacial score (nSPS) is 25.8. The third-order valence-corrected chi connectivity index (χ3v) is 8.81. The van der Waals surface area contributed by atoms with E-state index in [9.17, 15) is 0 Å². The molecule has 0 N–H and O–H groups in total. The largest absolute Gasteiger partial charge is 0.493 e. The smallest absolute Gasteiger partial charge is 0.192 e. The molecular formula is C14H28O2Si. The van der Waals surface area contributed by atoms with Crippen LogP contribution in [0.25, 0.3) is 0 Å². The Bertz CT molecular complexity index is 278. The molecule has 0 spiro atoms. The summed E-state index contributed by atoms with van der Waals surface area (Å²) in [6.45, 7) is 14.4. The lowest BCUT2D eigenvalue weighted by Crippen LogP contribution is -2.47. The second-order valence-electron chi connectivity index (χ2n) is 6.61. The molecule has 0 aromatic heterocycles. The van der Waals surface area contributed by atoms with Crippen LogP contribution in [0.3, 0.4) is 0 Å². The summed E-state index contributed by atoms with van der Waals surface area (Å²) in [7, 11) is -1.66. The average molecular weight is 256 g/mol. The molecule has 0 saturated carbocycles. The van der Waals surface area contributed by atoms with Crippen LogP contribution in [0.15, 0.2) is 12.3 Å². The van der Waals surface area contributed by atoms with Crippen LogP contribution < -0.4 is 0 Å². The maximum absolute atomic E-state index is 6.31. The Labute approximate surface area is 108 Å². The second-order valence-corrected chi connectivity index (χ2v) is 11.4. The van der Waals surface area contributed by atoms with E-state index >= 15 is 0 Å². The standard InChI is InChI=1S/C14H28O2Si/c1-7-14(10-8-9-11-15-14)12-16-17(5,6)13(2,3)4/h9,11H,7-8,10,12H2,1-6H3/t14-/m1/s1. The zero-order valence-corrected chi connectivity index (χ0v) is 13.3. The molecule has 1 heterocycles. The van der Waals surface area contributed by atoms with Gasteiger partial charge in [-0.3, -0.25) is 0 Å². The molecule has 0 amide bonds. The topological polar surface area (TPSA) is 18.5 Å². The summed E-state index contributed by atoms with van der Waals surface area (Å²) in [4.78, 5) is 0. The van der Waals surface area contributed by atoms with Gasteiger partial charge in [-0.2, -0.15) is 0 Å². The fourth-order valence-electron chi connectivity index (χ4n) is 1.66. The molecule has 0 fully saturated rings. The molecule has 1 aliphatic heterocycles. The van der Waals surface area contributed by atoms with Gasteiger partial charge in [0.05, 0.1) is 12.9 Å². The van der Waals surface area contributed by atoms with E-state index in [1.54, 1.807) is 0 Å². The molecule has 0 aromatic carbocycles. The van der Waals surface area contributed by atoms with Crippen molar-refractivity contribution in [1.82, 2.24) is 0 Å². The fourth-order valence-corrected chi connectivity index (χ4v) is 2.72. The number of ether oxygens (including phenoxy) is 1. The van der Waals surface area contributed by atoms with Gasteiger partial charge in [-0.1, -0.05) is 27.7 Å². The summed E-state index contributed by atoms with van der Waals surface area (Å²) >= 11 is 0. The van der Waals surface area contributed by atoms with Crippen LogP contribution in [-0.4, -0.2) is 20.5 Å². The highest BCUT2D eigenvalue weighted by atomic mass is 28.4. The zero-order chi connectivity index (χ0) is 13.2. The number of allylic oxidation sites excluding steroid dienone is 1. The molecule has 1 atom stereocenters. The van der Waals surface area contributed by atoms with Crippen LogP contribution >= 0.6 is 0 Å². The van der Waals surface area contributed by atoms with E-state index in [4.69, 9.17) is 9.16 Å². The molecule has 0 saturated heterocycles. The van der Waals surface area contributed by atoms with E-state index in [0.717, 1.165) is 25.9 Å². The van der Waals surface area contributed by atoms with Crippen LogP contribution in [0.2, 0.25) is 18.1 Å². The monoisotopic (exact) mass is 256 g/mol. The third kappa shape index (κ3) is 3.59. The number of hydrogen-bond acceptors (Lipinski definition) is 2. The van der Waals surface area contributed by atoms with E-state index < -0.39 is 8.32 Å². The highest BCUT2D eigenvalue weighted by Gasteiger charge is 2.40. The molecule has 0 aliphatic carbocycles. The van der Waals surface area contributed by atoms with Gasteiger partial charge in [-0.15, -0.1) is 0 Å². The van der Waals surface area contributed by atoms with E-state index in [-0.39, 0.29) is 10.6 Å². The third-order valence-electron chi connectivity index (χ3n) is 4.33. The van der Waals surface area contributed by atoms with Crippen LogP contribution in [0.1, 0.15) is 47.0 Å². The molecule has 17 heavy (non-hydrogen) atoms. The van der Waals surface area contributed by atoms with Gasteiger partial charge in [0, 0.05) is 0 Å². The highest BCUT2D eigenvalue weighted by Crippen LogP contribution is 2.38. The maximum Gasteiger partial charge on any atom is 0.192 e. The Kier molecular flexibility index (Phi) is 4.47. The molecule has 2 nitrogen and oxygen atoms in total. The molecule has 0 aromatic rings. The molecular weight excluding hydrogens is 228 g/mol. The van der Waals surface area contributed by atoms with E-state index in [2.05, 4.69) is 46.9 Å². The Morgan fingerprint density at radius 3 is 2.41 bits per heavy atom. The zero-order valence-electron chi connectivity index (χ0n) is 12.3. The van der Waals surface area contributed by atoms with Crippen molar-refractivity contribution in [2.75, 3.05) is 6.61 Å². The SMILES string of the molecule is CC[C@]1(CO[Si](C)(C)C(C)(C)C)CCC=CO1. The van der Waals surface area contributed by atoms with Crippen molar-refractivity contribution in [2.45, 2.75) is 70.7 Å². The average Bonchev–Trinajstić information content (AvgIpc) is 2.26. The van der Waals surface area contributed by atoms with Crippen molar-refractivity contribution in [3.8, 4) is 0 Å². The number of rotatable bonds is 4. The van der Waals surface area contributed by atoms with Crippen molar-refractivity contribution in [1.29, 1.82) is 0 Å². The van der Waals surface area contributed by atoms with Gasteiger partial charge < -0.3 is 9.16 Å². The van der Waals surface area contributed by atoms with Crippen LogP contribution in [0, 0.1) is 0 Å². The minimum atomic E-state index is -1.66. The summed E-state index contributed by atoms with van der Waals surface area (Å²) in [5.41, 5.74) is -0.0791. The van der Waals surface area contributed by atoms with E-state index in [1.807, 2.05) is 6.26 Å². The van der Waals surface area contributed by atoms with Crippen LogP contribution in [0.4, 0.5) is 0 Å². The van der Waals surface area contributed by atoms with Gasteiger partial charge in [0.25, 0.3) is 0 Å². The van der Waals surface area contributed by atoms with E-state index in [1.165, 1.54) is 0 Å². The van der Waals surface area contributed by atoms with Gasteiger partial charge in [-0.05, 0) is 43.5 Å². The van der Waals surface area contributed by atoms with Gasteiger partial charge in [0.2, 0.25) is 0 Å². The lowest BCUT2D eigenvalue weighted by molar-refractivity contribution is -0.0390. The van der Waals surface area contributed by atoms with Crippen molar-refractivity contribution >= 4 is 8.32 Å². The number of hydrogen-bond donors (Lipinski definition) is 0. The van der Waals surface area contributed by atoms with Crippen molar-refractivity contribution in [3.63, 3.8) is 0 Å². The summed E-state index contributed by atoms with van der Waals surface area (Å²) in [5.74, 6) is 0. The predicted molar refractivity (Wildman–Crippen MR) is 75.6 cm³/mol. The Hall–Kier alpha value is -0.283. The Balaban J connectivity index is 2.62. The molecule has 100 valence electrons. The first kappa shape index (κ1) is 14.8. The minimum absolute atomic E-state index is 0.0791. The second kappa shape index (κ2) is 5.15. The van der Waals surface area contributed by atoms with Gasteiger partial charge in [0.1, 0.15) is 5.60 Å². The fraction of sp³-hybridized carbons (Fsp3) is 0.857. The van der Waals surface area contributed by atoms with Gasteiger partial charge in [0.15, 0.2) is 8.32 Å². The first-order valence-electron chi connectivity index (χ1n) is 6.69. The molecule has 1 rings (SSSR count). The highest BCUT2D eigenvalue weighted by molar-refractivity contribution is 6.74. The lowest BCUT2D eigenvalue weighted by Gasteiger charge is -2.41. The van der Waals surface area contributed by atoms with E-state index in [0.29, 0.717) is 0 Å². The molecule has 1 aliphatic rings. The molecule has 0 unspecified atom stereocenters. The molecule has 0 bridgehead atoms. The minimum Gasteiger partial charge on any atom is -0.493 e. The summed E-state index contributed by atoms with van der Waals surface area (Å²) in [6.07, 6.45) is 7.15. The maximum atomic E-state index is 6.31. The van der Waals surface area contributed by atoms with Gasteiger partial charge in [-0.25, -0.2) is 0 Å². The summed E-state index contributed by atoms with van der Waals surface area (Å²) in [6, 6.07) is 0.